The first kappa shape index (κ1) is 23.0. The van der Waals surface area contributed by atoms with E-state index in [4.69, 9.17) is 14.5 Å². The molecule has 0 radical (unpaired) electrons. The van der Waals surface area contributed by atoms with Crippen molar-refractivity contribution < 1.29 is 19.1 Å². The van der Waals surface area contributed by atoms with E-state index in [9.17, 15) is 9.59 Å². The Balaban J connectivity index is 1.60. The van der Waals surface area contributed by atoms with Gasteiger partial charge in [0.25, 0.3) is 0 Å². The third kappa shape index (κ3) is 4.76. The average Bonchev–Trinajstić information content (AvgIpc) is 2.97. The number of carbonyl (C=O) groups is 2. The summed E-state index contributed by atoms with van der Waals surface area (Å²) in [4.78, 5) is 36.7. The molecule has 1 N–H and O–H groups in total. The smallest absolute Gasteiger partial charge is 0.244 e. The van der Waals surface area contributed by atoms with Crippen molar-refractivity contribution in [3.05, 3.63) is 71.4 Å². The maximum absolute atomic E-state index is 13.3. The number of rotatable bonds is 6. The number of fused-ring (bicyclic) bond motifs is 1. The summed E-state index contributed by atoms with van der Waals surface area (Å²) < 4.78 is 10.6. The van der Waals surface area contributed by atoms with E-state index in [-0.39, 0.29) is 24.8 Å². The second kappa shape index (κ2) is 9.74. The van der Waals surface area contributed by atoms with Crippen LogP contribution >= 0.6 is 0 Å². The molecule has 2 aromatic carbocycles. The zero-order valence-corrected chi connectivity index (χ0v) is 19.6. The molecular weight excluding hydrogens is 432 g/mol. The molecule has 174 valence electrons. The highest BCUT2D eigenvalue weighted by atomic mass is 16.5. The highest BCUT2D eigenvalue weighted by Gasteiger charge is 2.28. The first-order valence-corrected chi connectivity index (χ1v) is 10.8. The van der Waals surface area contributed by atoms with Crippen LogP contribution in [0.3, 0.4) is 0 Å². The van der Waals surface area contributed by atoms with Gasteiger partial charge in [-0.1, -0.05) is 12.1 Å². The SMILES string of the molecule is COc1ccc(NC(=O)CN2C(=O)CC(c3ccc(C)c(C)c3)=Nc3cccnc32)c(OC)c1. The predicted octanol–water partition coefficient (Wildman–Crippen LogP) is 4.21. The number of hydrogen-bond donors (Lipinski definition) is 1. The number of nitrogens with one attached hydrogen (secondary N) is 1. The van der Waals surface area contributed by atoms with Crippen LogP contribution in [0.1, 0.15) is 23.1 Å². The summed E-state index contributed by atoms with van der Waals surface area (Å²) in [5, 5.41) is 2.81. The van der Waals surface area contributed by atoms with E-state index in [0.717, 1.165) is 11.1 Å². The van der Waals surface area contributed by atoms with Crippen molar-refractivity contribution in [2.24, 2.45) is 4.99 Å². The number of aromatic nitrogens is 1. The van der Waals surface area contributed by atoms with Gasteiger partial charge in [0.2, 0.25) is 11.8 Å². The molecule has 0 aliphatic carbocycles. The third-order valence-corrected chi connectivity index (χ3v) is 5.72. The van der Waals surface area contributed by atoms with Gasteiger partial charge in [-0.15, -0.1) is 0 Å². The molecule has 2 heterocycles. The van der Waals surface area contributed by atoms with E-state index in [1.807, 2.05) is 32.0 Å². The van der Waals surface area contributed by atoms with Crippen molar-refractivity contribution in [3.8, 4) is 11.5 Å². The van der Waals surface area contributed by atoms with E-state index in [1.165, 1.54) is 17.6 Å². The van der Waals surface area contributed by atoms with Crippen LogP contribution in [-0.4, -0.2) is 43.3 Å². The fourth-order valence-electron chi connectivity index (χ4n) is 3.71. The largest absolute Gasteiger partial charge is 0.497 e. The quantitative estimate of drug-likeness (QED) is 0.597. The van der Waals surface area contributed by atoms with E-state index in [2.05, 4.69) is 10.3 Å². The van der Waals surface area contributed by atoms with Crippen molar-refractivity contribution in [2.45, 2.75) is 20.3 Å². The molecule has 1 aliphatic rings. The molecule has 2 amide bonds. The fraction of sp³-hybridized carbons (Fsp3) is 0.231. The summed E-state index contributed by atoms with van der Waals surface area (Å²) in [7, 11) is 3.06. The molecular formula is C26H26N4O4. The first-order chi connectivity index (χ1) is 16.4. The number of aliphatic imine (C=N–C) groups is 1. The molecule has 3 aromatic rings. The average molecular weight is 459 g/mol. The lowest BCUT2D eigenvalue weighted by atomic mass is 10.0. The Bertz CT molecular complexity index is 1290. The molecule has 0 bridgehead atoms. The van der Waals surface area contributed by atoms with Gasteiger partial charge in [0.15, 0.2) is 5.82 Å². The van der Waals surface area contributed by atoms with Crippen LogP contribution in [0.4, 0.5) is 17.2 Å². The van der Waals surface area contributed by atoms with Gasteiger partial charge in [0.1, 0.15) is 23.7 Å². The Morgan fingerprint density at radius 3 is 2.62 bits per heavy atom. The summed E-state index contributed by atoms with van der Waals surface area (Å²) >= 11 is 0. The normalized spacial score (nSPS) is 13.0. The van der Waals surface area contributed by atoms with Crippen LogP contribution in [0.15, 0.2) is 59.7 Å². The van der Waals surface area contributed by atoms with Gasteiger partial charge in [0, 0.05) is 12.3 Å². The summed E-state index contributed by atoms with van der Waals surface area (Å²) in [5.74, 6) is 0.762. The zero-order chi connectivity index (χ0) is 24.2. The number of nitrogens with zero attached hydrogens (tertiary/aromatic N) is 3. The molecule has 0 fully saturated rings. The van der Waals surface area contributed by atoms with Gasteiger partial charge in [-0.3, -0.25) is 14.5 Å². The van der Waals surface area contributed by atoms with Crippen molar-refractivity contribution >= 4 is 34.7 Å². The topological polar surface area (TPSA) is 93.1 Å². The van der Waals surface area contributed by atoms with E-state index >= 15 is 0 Å². The molecule has 0 saturated carbocycles. The van der Waals surface area contributed by atoms with Gasteiger partial charge in [0.05, 0.1) is 32.0 Å². The fourth-order valence-corrected chi connectivity index (χ4v) is 3.71. The lowest BCUT2D eigenvalue weighted by molar-refractivity contribution is -0.120. The van der Waals surface area contributed by atoms with Crippen molar-refractivity contribution in [1.82, 2.24) is 4.98 Å². The summed E-state index contributed by atoms with van der Waals surface area (Å²) in [6, 6.07) is 14.6. The lowest BCUT2D eigenvalue weighted by Gasteiger charge is -2.21. The lowest BCUT2D eigenvalue weighted by Crippen LogP contribution is -2.39. The maximum atomic E-state index is 13.3. The van der Waals surface area contributed by atoms with Crippen LogP contribution in [0.2, 0.25) is 0 Å². The van der Waals surface area contributed by atoms with E-state index in [1.54, 1.807) is 43.6 Å². The highest BCUT2D eigenvalue weighted by Crippen LogP contribution is 2.32. The van der Waals surface area contributed by atoms with Crippen molar-refractivity contribution in [1.29, 1.82) is 0 Å². The van der Waals surface area contributed by atoms with Crippen LogP contribution in [-0.2, 0) is 9.59 Å². The van der Waals surface area contributed by atoms with Crippen LogP contribution in [0.5, 0.6) is 11.5 Å². The number of ether oxygens (including phenoxy) is 2. The molecule has 0 spiro atoms. The Labute approximate surface area is 198 Å². The minimum absolute atomic E-state index is 0.0536. The minimum Gasteiger partial charge on any atom is -0.497 e. The van der Waals surface area contributed by atoms with Gasteiger partial charge >= 0.3 is 0 Å². The van der Waals surface area contributed by atoms with Crippen molar-refractivity contribution in [3.63, 3.8) is 0 Å². The highest BCUT2D eigenvalue weighted by molar-refractivity contribution is 6.18. The molecule has 8 heteroatoms. The zero-order valence-electron chi connectivity index (χ0n) is 19.6. The molecule has 1 aromatic heterocycles. The van der Waals surface area contributed by atoms with Crippen LogP contribution in [0, 0.1) is 13.8 Å². The number of hydrogen-bond acceptors (Lipinski definition) is 6. The van der Waals surface area contributed by atoms with Gasteiger partial charge < -0.3 is 14.8 Å². The van der Waals surface area contributed by atoms with E-state index in [0.29, 0.717) is 34.4 Å². The molecule has 8 nitrogen and oxygen atoms in total. The number of amides is 2. The molecule has 0 saturated heterocycles. The van der Waals surface area contributed by atoms with Gasteiger partial charge in [-0.25, -0.2) is 9.98 Å². The minimum atomic E-state index is -0.386. The maximum Gasteiger partial charge on any atom is 0.244 e. The van der Waals surface area contributed by atoms with Gasteiger partial charge in [-0.05, 0) is 60.9 Å². The summed E-state index contributed by atoms with van der Waals surface area (Å²) in [6.45, 7) is 3.85. The number of pyridine rings is 1. The third-order valence-electron chi connectivity index (χ3n) is 5.72. The van der Waals surface area contributed by atoms with Crippen LogP contribution in [0.25, 0.3) is 0 Å². The van der Waals surface area contributed by atoms with Crippen LogP contribution < -0.4 is 19.7 Å². The molecule has 0 atom stereocenters. The predicted molar refractivity (Wildman–Crippen MR) is 131 cm³/mol. The Hall–Kier alpha value is -4.20. The Morgan fingerprint density at radius 1 is 1.06 bits per heavy atom. The number of benzene rings is 2. The monoisotopic (exact) mass is 458 g/mol. The van der Waals surface area contributed by atoms with Crippen molar-refractivity contribution in [2.75, 3.05) is 31.0 Å². The first-order valence-electron chi connectivity index (χ1n) is 10.8. The molecule has 1 aliphatic heterocycles. The molecule has 4 rings (SSSR count). The van der Waals surface area contributed by atoms with E-state index < -0.39 is 0 Å². The number of methoxy groups -OCH3 is 2. The standard InChI is InChI=1S/C26H26N4O4/c1-16-7-8-18(12-17(16)2)22-14-25(32)30(26-21(28-22)6-5-11-27-26)15-24(31)29-20-10-9-19(33-3)13-23(20)34-4/h5-13H,14-15H2,1-4H3,(H,29,31). The summed E-state index contributed by atoms with van der Waals surface area (Å²) in [5.41, 5.74) is 4.81. The molecule has 34 heavy (non-hydrogen) atoms. The molecule has 0 unspecified atom stereocenters. The number of aryl methyl sites for hydroxylation is 2. The van der Waals surface area contributed by atoms with Gasteiger partial charge in [-0.2, -0.15) is 0 Å². The Kier molecular flexibility index (Phi) is 6.58. The Morgan fingerprint density at radius 2 is 1.88 bits per heavy atom. The second-order valence-corrected chi connectivity index (χ2v) is 7.97. The number of anilines is 2. The summed E-state index contributed by atoms with van der Waals surface area (Å²) in [6.07, 6.45) is 1.64. The number of carbonyl (C=O) groups excluding carboxylic acids is 2. The second-order valence-electron chi connectivity index (χ2n) is 7.97.